The van der Waals surface area contributed by atoms with Crippen LogP contribution in [0.4, 0.5) is 0 Å². The summed E-state index contributed by atoms with van der Waals surface area (Å²) in [5.41, 5.74) is 0. The molecule has 0 bridgehead atoms. The van der Waals surface area contributed by atoms with E-state index in [2.05, 4.69) is 5.32 Å². The molecular weight excluding hydrogens is 234 g/mol. The molecule has 4 nitrogen and oxygen atoms in total. The van der Waals surface area contributed by atoms with Gasteiger partial charge in [-0.25, -0.2) is 8.42 Å². The van der Waals surface area contributed by atoms with E-state index in [-0.39, 0.29) is 11.5 Å². The van der Waals surface area contributed by atoms with Gasteiger partial charge in [-0.2, -0.15) is 0 Å². The Morgan fingerprint density at radius 3 is 2.40 bits per heavy atom. The Morgan fingerprint density at radius 2 is 1.87 bits per heavy atom. The highest BCUT2D eigenvalue weighted by molar-refractivity contribution is 7.91. The number of nitrogens with one attached hydrogen (secondary N) is 1. The van der Waals surface area contributed by atoms with Crippen molar-refractivity contribution in [3.05, 3.63) is 0 Å². The van der Waals surface area contributed by atoms with Gasteiger partial charge in [0.25, 0.3) is 0 Å². The maximum absolute atomic E-state index is 11.1. The molecule has 92 valence electrons. The van der Waals surface area contributed by atoms with Crippen LogP contribution in [0.5, 0.6) is 0 Å². The van der Waals surface area contributed by atoms with Crippen molar-refractivity contribution in [2.45, 2.75) is 20.3 Å². The molecule has 0 radical (unpaired) electrons. The summed E-state index contributed by atoms with van der Waals surface area (Å²) in [7, 11) is -3.56. The van der Waals surface area contributed by atoms with Crippen molar-refractivity contribution in [1.29, 1.82) is 0 Å². The Labute approximate surface area is 95.2 Å². The maximum atomic E-state index is 11.1. The summed E-state index contributed by atoms with van der Waals surface area (Å²) in [4.78, 5) is 0. The molecule has 6 heteroatoms. The van der Waals surface area contributed by atoms with Gasteiger partial charge in [0, 0.05) is 34.6 Å². The summed E-state index contributed by atoms with van der Waals surface area (Å²) in [6.45, 7) is 4.93. The number of rotatable bonds is 9. The van der Waals surface area contributed by atoms with Gasteiger partial charge < -0.3 is 5.32 Å². The summed E-state index contributed by atoms with van der Waals surface area (Å²) in [6.07, 6.45) is 0.634. The molecule has 0 aliphatic rings. The van der Waals surface area contributed by atoms with E-state index in [1.54, 1.807) is 6.92 Å². The van der Waals surface area contributed by atoms with Crippen molar-refractivity contribution in [3.63, 3.8) is 0 Å². The smallest absolute Gasteiger partial charge is 0.150 e. The highest BCUT2D eigenvalue weighted by Crippen LogP contribution is 1.92. The molecule has 0 aromatic heterocycles. The Morgan fingerprint density at radius 1 is 1.20 bits per heavy atom. The average Bonchev–Trinajstić information content (AvgIpc) is 2.22. The van der Waals surface area contributed by atoms with Gasteiger partial charge in [0.15, 0.2) is 0 Å². The van der Waals surface area contributed by atoms with Crippen molar-refractivity contribution in [2.24, 2.45) is 0 Å². The second kappa shape index (κ2) is 8.24. The van der Waals surface area contributed by atoms with E-state index in [1.807, 2.05) is 6.92 Å². The van der Waals surface area contributed by atoms with Crippen LogP contribution in [0.15, 0.2) is 0 Å². The quantitative estimate of drug-likeness (QED) is 0.597. The first-order valence-corrected chi connectivity index (χ1v) is 8.59. The molecule has 0 saturated heterocycles. The van der Waals surface area contributed by atoms with Gasteiger partial charge in [0.1, 0.15) is 9.84 Å². The van der Waals surface area contributed by atoms with Crippen LogP contribution in [-0.4, -0.2) is 48.7 Å². The molecular formula is C9H21NO3S2. The lowest BCUT2D eigenvalue weighted by Crippen LogP contribution is -2.24. The number of hydrogen-bond donors (Lipinski definition) is 1. The summed E-state index contributed by atoms with van der Waals surface area (Å²) in [5.74, 6) is 1.79. The Bertz CT molecular complexity index is 275. The second-order valence-corrected chi connectivity index (χ2v) is 7.61. The highest BCUT2D eigenvalue weighted by Gasteiger charge is 2.05. The first-order chi connectivity index (χ1) is 7.02. The number of sulfone groups is 1. The van der Waals surface area contributed by atoms with Crippen LogP contribution in [-0.2, 0) is 20.6 Å². The third kappa shape index (κ3) is 9.02. The molecule has 0 aromatic carbocycles. The lowest BCUT2D eigenvalue weighted by Gasteiger charge is -2.04. The molecule has 0 amide bonds. The van der Waals surface area contributed by atoms with E-state index in [0.29, 0.717) is 31.0 Å². The molecule has 0 fully saturated rings. The molecule has 0 rings (SSSR count). The van der Waals surface area contributed by atoms with Crippen LogP contribution in [0.25, 0.3) is 0 Å². The van der Waals surface area contributed by atoms with Crippen LogP contribution in [0.1, 0.15) is 20.3 Å². The van der Waals surface area contributed by atoms with E-state index in [1.165, 1.54) is 0 Å². The van der Waals surface area contributed by atoms with Gasteiger partial charge in [-0.3, -0.25) is 4.21 Å². The monoisotopic (exact) mass is 255 g/mol. The normalized spacial score (nSPS) is 14.0. The first kappa shape index (κ1) is 15.1. The third-order valence-corrected chi connectivity index (χ3v) is 5.17. The van der Waals surface area contributed by atoms with Crippen molar-refractivity contribution >= 4 is 20.6 Å². The highest BCUT2D eigenvalue weighted by atomic mass is 32.2. The molecule has 15 heavy (non-hydrogen) atoms. The average molecular weight is 255 g/mol. The van der Waals surface area contributed by atoms with Gasteiger partial charge in [0.2, 0.25) is 0 Å². The van der Waals surface area contributed by atoms with E-state index in [4.69, 9.17) is 0 Å². The molecule has 0 aliphatic heterocycles. The van der Waals surface area contributed by atoms with Crippen molar-refractivity contribution in [3.8, 4) is 0 Å². The minimum Gasteiger partial charge on any atom is -0.316 e. The zero-order valence-corrected chi connectivity index (χ0v) is 11.1. The minimum absolute atomic E-state index is 0.215. The summed E-state index contributed by atoms with van der Waals surface area (Å²) in [5, 5.41) is 3.09. The molecule has 0 spiro atoms. The molecule has 0 aliphatic carbocycles. The van der Waals surface area contributed by atoms with Crippen molar-refractivity contribution in [2.75, 3.05) is 36.1 Å². The standard InChI is InChI=1S/C9H21NO3S2/c1-3-14(11)8-7-10-6-5-9-15(12,13)4-2/h10H,3-9H2,1-2H3. The molecule has 1 unspecified atom stereocenters. The van der Waals surface area contributed by atoms with Gasteiger partial charge >= 0.3 is 0 Å². The number of hydrogen-bond acceptors (Lipinski definition) is 4. The SMILES string of the molecule is CCS(=O)CCNCCCS(=O)(=O)CC. The van der Waals surface area contributed by atoms with Crippen molar-refractivity contribution < 1.29 is 12.6 Å². The first-order valence-electron chi connectivity index (χ1n) is 5.28. The molecule has 1 N–H and O–H groups in total. The lowest BCUT2D eigenvalue weighted by molar-refractivity contribution is 0.591. The summed E-state index contributed by atoms with van der Waals surface area (Å²) < 4.78 is 33.2. The van der Waals surface area contributed by atoms with Crippen LogP contribution in [0, 0.1) is 0 Å². The molecule has 0 aromatic rings. The molecule has 1 atom stereocenters. The fraction of sp³-hybridized carbons (Fsp3) is 1.00. The van der Waals surface area contributed by atoms with Crippen molar-refractivity contribution in [1.82, 2.24) is 5.32 Å². The third-order valence-electron chi connectivity index (χ3n) is 2.08. The fourth-order valence-corrected chi connectivity index (χ4v) is 2.55. The van der Waals surface area contributed by atoms with E-state index in [0.717, 1.165) is 0 Å². The van der Waals surface area contributed by atoms with Crippen LogP contribution in [0.2, 0.25) is 0 Å². The fourth-order valence-electron chi connectivity index (χ4n) is 1.02. The Kier molecular flexibility index (Phi) is 8.27. The Balaban J connectivity index is 3.37. The van der Waals surface area contributed by atoms with Crippen LogP contribution < -0.4 is 5.32 Å². The van der Waals surface area contributed by atoms with E-state index >= 15 is 0 Å². The van der Waals surface area contributed by atoms with Crippen LogP contribution in [0.3, 0.4) is 0 Å². The predicted molar refractivity (Wildman–Crippen MR) is 65.4 cm³/mol. The van der Waals surface area contributed by atoms with E-state index in [9.17, 15) is 12.6 Å². The maximum Gasteiger partial charge on any atom is 0.150 e. The van der Waals surface area contributed by atoms with Gasteiger partial charge in [0.05, 0.1) is 5.75 Å². The summed E-state index contributed by atoms with van der Waals surface area (Å²) >= 11 is 0. The zero-order valence-electron chi connectivity index (χ0n) is 9.49. The molecule has 0 heterocycles. The zero-order chi connectivity index (χ0) is 11.7. The largest absolute Gasteiger partial charge is 0.316 e. The Hall–Kier alpha value is 0.0600. The van der Waals surface area contributed by atoms with Gasteiger partial charge in [-0.1, -0.05) is 13.8 Å². The minimum atomic E-state index is -2.83. The molecule has 0 saturated carbocycles. The topological polar surface area (TPSA) is 63.2 Å². The van der Waals surface area contributed by atoms with E-state index < -0.39 is 20.6 Å². The van der Waals surface area contributed by atoms with Crippen LogP contribution >= 0.6 is 0 Å². The lowest BCUT2D eigenvalue weighted by atomic mass is 10.5. The second-order valence-electron chi connectivity index (χ2n) is 3.27. The summed E-state index contributed by atoms with van der Waals surface area (Å²) in [6, 6.07) is 0. The van der Waals surface area contributed by atoms with Gasteiger partial charge in [-0.05, 0) is 13.0 Å². The van der Waals surface area contributed by atoms with Gasteiger partial charge in [-0.15, -0.1) is 0 Å². The predicted octanol–water partition coefficient (Wildman–Crippen LogP) is 0.169.